The Morgan fingerprint density at radius 1 is 1.11 bits per heavy atom. The summed E-state index contributed by atoms with van der Waals surface area (Å²) in [5, 5.41) is 13.5. The second-order valence-corrected chi connectivity index (χ2v) is 8.06. The summed E-state index contributed by atoms with van der Waals surface area (Å²) in [4.78, 5) is 14.8. The molecule has 7 heteroatoms. The normalized spacial score (nSPS) is 16.9. The lowest BCUT2D eigenvalue weighted by Gasteiger charge is -2.31. The number of nitrogens with one attached hydrogen (secondary N) is 1. The van der Waals surface area contributed by atoms with Crippen molar-refractivity contribution >= 4 is 22.4 Å². The number of aromatic nitrogens is 3. The summed E-state index contributed by atoms with van der Waals surface area (Å²) in [6, 6.07) is 14.3. The molecule has 0 radical (unpaired) electrons. The average Bonchev–Trinajstić information content (AvgIpc) is 3.44. The highest BCUT2D eigenvalue weighted by Crippen LogP contribution is 2.27. The Labute approximate surface area is 169 Å². The van der Waals surface area contributed by atoms with Crippen LogP contribution in [-0.2, 0) is 11.2 Å². The molecule has 28 heavy (non-hydrogen) atoms. The van der Waals surface area contributed by atoms with Gasteiger partial charge in [-0.1, -0.05) is 41.7 Å². The van der Waals surface area contributed by atoms with Gasteiger partial charge in [0.15, 0.2) is 0 Å². The molecule has 4 rings (SSSR count). The number of benzene rings is 1. The molecule has 2 aromatic heterocycles. The van der Waals surface area contributed by atoms with Crippen molar-refractivity contribution in [1.82, 2.24) is 20.1 Å². The van der Waals surface area contributed by atoms with E-state index in [4.69, 9.17) is 0 Å². The Morgan fingerprint density at radius 2 is 1.89 bits per heavy atom. The number of hydrogen-bond donors (Lipinski definition) is 1. The number of amides is 1. The lowest BCUT2D eigenvalue weighted by atomic mass is 9.97. The van der Waals surface area contributed by atoms with Crippen LogP contribution in [0.25, 0.3) is 5.13 Å². The molecule has 0 aliphatic carbocycles. The smallest absolute Gasteiger partial charge is 0.224 e. The van der Waals surface area contributed by atoms with Gasteiger partial charge in [-0.15, -0.1) is 10.2 Å². The van der Waals surface area contributed by atoms with E-state index < -0.39 is 0 Å². The van der Waals surface area contributed by atoms with Gasteiger partial charge in [-0.2, -0.15) is 0 Å². The number of rotatable bonds is 7. The minimum atomic E-state index is 0.0180. The molecule has 1 aliphatic heterocycles. The molecule has 1 aliphatic rings. The SMILES string of the molecule is O=C(NCCCc1ccccc1)[C@H]1CCCN(c2nnc(-n3cccc3)s2)C1. The van der Waals surface area contributed by atoms with Crippen LogP contribution >= 0.6 is 11.3 Å². The number of anilines is 1. The zero-order chi connectivity index (χ0) is 19.2. The van der Waals surface area contributed by atoms with Gasteiger partial charge in [-0.3, -0.25) is 9.36 Å². The fraction of sp³-hybridized carbons (Fsp3) is 0.381. The van der Waals surface area contributed by atoms with Gasteiger partial charge in [0, 0.05) is 32.0 Å². The van der Waals surface area contributed by atoms with Gasteiger partial charge < -0.3 is 10.2 Å². The predicted molar refractivity (Wildman–Crippen MR) is 112 cm³/mol. The van der Waals surface area contributed by atoms with Gasteiger partial charge in [0.2, 0.25) is 16.2 Å². The van der Waals surface area contributed by atoms with Crippen LogP contribution in [0.4, 0.5) is 5.13 Å². The van der Waals surface area contributed by atoms with Crippen molar-refractivity contribution in [3.05, 3.63) is 60.4 Å². The largest absolute Gasteiger partial charge is 0.356 e. The van der Waals surface area contributed by atoms with Crippen LogP contribution in [-0.4, -0.2) is 40.3 Å². The van der Waals surface area contributed by atoms with Gasteiger partial charge >= 0.3 is 0 Å². The van der Waals surface area contributed by atoms with E-state index in [1.165, 1.54) is 5.56 Å². The maximum atomic E-state index is 12.6. The first-order valence-electron chi connectivity index (χ1n) is 9.83. The first-order valence-corrected chi connectivity index (χ1v) is 10.6. The number of carbonyl (C=O) groups is 1. The molecular weight excluding hydrogens is 370 g/mol. The van der Waals surface area contributed by atoms with Crippen molar-refractivity contribution in [3.63, 3.8) is 0 Å². The first-order chi connectivity index (χ1) is 13.8. The molecule has 0 unspecified atom stereocenters. The quantitative estimate of drug-likeness (QED) is 0.624. The molecule has 1 atom stereocenters. The second-order valence-electron chi connectivity index (χ2n) is 7.12. The molecule has 1 N–H and O–H groups in total. The van der Waals surface area contributed by atoms with E-state index in [0.29, 0.717) is 6.54 Å². The Balaban J connectivity index is 1.27. The monoisotopic (exact) mass is 395 g/mol. The van der Waals surface area contributed by atoms with E-state index in [2.05, 4.69) is 44.7 Å². The lowest BCUT2D eigenvalue weighted by molar-refractivity contribution is -0.125. The highest BCUT2D eigenvalue weighted by Gasteiger charge is 2.27. The molecule has 0 spiro atoms. The molecule has 0 bridgehead atoms. The standard InChI is InChI=1S/C21H25N5OS/c27-19(22-12-6-10-17-8-2-1-3-9-17)18-11-7-15-26(16-18)21-24-23-20(28-21)25-13-4-5-14-25/h1-5,8-9,13-14,18H,6-7,10-12,15-16H2,(H,22,27)/t18-/m0/s1. The number of hydrogen-bond acceptors (Lipinski definition) is 5. The molecule has 1 amide bonds. The number of carbonyl (C=O) groups excluding carboxylic acids is 1. The van der Waals surface area contributed by atoms with Crippen LogP contribution in [0.2, 0.25) is 0 Å². The van der Waals surface area contributed by atoms with Gasteiger partial charge in [-0.05, 0) is 43.4 Å². The lowest BCUT2D eigenvalue weighted by Crippen LogP contribution is -2.43. The summed E-state index contributed by atoms with van der Waals surface area (Å²) in [7, 11) is 0. The van der Waals surface area contributed by atoms with Crippen molar-refractivity contribution in [2.24, 2.45) is 5.92 Å². The van der Waals surface area contributed by atoms with Crippen LogP contribution in [0, 0.1) is 5.92 Å². The second kappa shape index (κ2) is 9.01. The zero-order valence-electron chi connectivity index (χ0n) is 15.8. The number of aryl methyl sites for hydroxylation is 1. The minimum absolute atomic E-state index is 0.0180. The van der Waals surface area contributed by atoms with Crippen LogP contribution < -0.4 is 10.2 Å². The van der Waals surface area contributed by atoms with Crippen LogP contribution in [0.1, 0.15) is 24.8 Å². The van der Waals surface area contributed by atoms with Gasteiger partial charge in [0.1, 0.15) is 0 Å². The Hall–Kier alpha value is -2.67. The Kier molecular flexibility index (Phi) is 6.01. The fourth-order valence-corrected chi connectivity index (χ4v) is 4.41. The molecular formula is C21H25N5OS. The first kappa shape index (κ1) is 18.7. The number of nitrogens with zero attached hydrogens (tertiary/aromatic N) is 4. The van der Waals surface area contributed by atoms with Crippen molar-refractivity contribution in [2.75, 3.05) is 24.5 Å². The molecule has 0 saturated carbocycles. The van der Waals surface area contributed by atoms with Gasteiger partial charge in [-0.25, -0.2) is 0 Å². The topological polar surface area (TPSA) is 63.1 Å². The van der Waals surface area contributed by atoms with E-state index in [1.54, 1.807) is 11.3 Å². The molecule has 1 fully saturated rings. The summed E-state index contributed by atoms with van der Waals surface area (Å²) in [5.41, 5.74) is 1.32. The molecule has 146 valence electrons. The fourth-order valence-electron chi connectivity index (χ4n) is 3.56. The van der Waals surface area contributed by atoms with Crippen LogP contribution in [0.5, 0.6) is 0 Å². The summed E-state index contributed by atoms with van der Waals surface area (Å²) in [5.74, 6) is 0.178. The third-order valence-electron chi connectivity index (χ3n) is 5.08. The van der Waals surface area contributed by atoms with E-state index in [-0.39, 0.29) is 11.8 Å². The van der Waals surface area contributed by atoms with Crippen molar-refractivity contribution < 1.29 is 4.79 Å². The number of piperidine rings is 1. The highest BCUT2D eigenvalue weighted by molar-refractivity contribution is 7.17. The summed E-state index contributed by atoms with van der Waals surface area (Å²) in [6.45, 7) is 2.36. The predicted octanol–water partition coefficient (Wildman–Crippen LogP) is 3.29. The summed E-state index contributed by atoms with van der Waals surface area (Å²) < 4.78 is 1.96. The van der Waals surface area contributed by atoms with E-state index >= 15 is 0 Å². The summed E-state index contributed by atoms with van der Waals surface area (Å²) >= 11 is 1.56. The molecule has 1 saturated heterocycles. The average molecular weight is 396 g/mol. The molecule has 3 heterocycles. The van der Waals surface area contributed by atoms with Crippen LogP contribution in [0.3, 0.4) is 0 Å². The highest BCUT2D eigenvalue weighted by atomic mass is 32.1. The maximum absolute atomic E-state index is 12.6. The third-order valence-corrected chi connectivity index (χ3v) is 6.07. The minimum Gasteiger partial charge on any atom is -0.356 e. The van der Waals surface area contributed by atoms with E-state index in [1.807, 2.05) is 35.2 Å². The maximum Gasteiger partial charge on any atom is 0.224 e. The van der Waals surface area contributed by atoms with Crippen molar-refractivity contribution in [1.29, 1.82) is 0 Å². The Bertz CT molecular complexity index is 877. The van der Waals surface area contributed by atoms with Crippen molar-refractivity contribution in [2.45, 2.75) is 25.7 Å². The summed E-state index contributed by atoms with van der Waals surface area (Å²) in [6.07, 6.45) is 7.82. The zero-order valence-corrected chi connectivity index (χ0v) is 16.6. The van der Waals surface area contributed by atoms with E-state index in [9.17, 15) is 4.79 Å². The molecule has 1 aromatic carbocycles. The molecule has 6 nitrogen and oxygen atoms in total. The van der Waals surface area contributed by atoms with E-state index in [0.717, 1.165) is 49.0 Å². The van der Waals surface area contributed by atoms with Crippen molar-refractivity contribution in [3.8, 4) is 5.13 Å². The third kappa shape index (κ3) is 4.59. The van der Waals surface area contributed by atoms with Crippen LogP contribution in [0.15, 0.2) is 54.9 Å². The Morgan fingerprint density at radius 3 is 2.71 bits per heavy atom. The van der Waals surface area contributed by atoms with Gasteiger partial charge in [0.25, 0.3) is 0 Å². The molecule has 3 aromatic rings. The van der Waals surface area contributed by atoms with Gasteiger partial charge in [0.05, 0.1) is 5.92 Å².